The number of nitrogens with one attached hydrogen (secondary N) is 1. The van der Waals surface area contributed by atoms with Crippen LogP contribution in [0.3, 0.4) is 0 Å². The van der Waals surface area contributed by atoms with Crippen molar-refractivity contribution in [1.29, 1.82) is 0 Å². The van der Waals surface area contributed by atoms with Gasteiger partial charge in [0, 0.05) is 7.05 Å². The highest BCUT2D eigenvalue weighted by atomic mass is 32.2. The summed E-state index contributed by atoms with van der Waals surface area (Å²) in [4.78, 5) is 0. The van der Waals surface area contributed by atoms with Gasteiger partial charge in [0.25, 0.3) is 0 Å². The van der Waals surface area contributed by atoms with Crippen molar-refractivity contribution in [3.63, 3.8) is 0 Å². The van der Waals surface area contributed by atoms with Crippen LogP contribution >= 0.6 is 0 Å². The molecule has 26 heavy (non-hydrogen) atoms. The van der Waals surface area contributed by atoms with Gasteiger partial charge < -0.3 is 20.6 Å². The Balaban J connectivity index is 2.08. The average molecular weight is 378 g/mol. The predicted molar refractivity (Wildman–Crippen MR) is 98.9 cm³/mol. The van der Waals surface area contributed by atoms with Crippen molar-refractivity contribution in [2.75, 3.05) is 24.4 Å². The number of nitrogens with zero attached hydrogens (tertiary/aromatic N) is 1. The first-order chi connectivity index (χ1) is 12.3. The van der Waals surface area contributed by atoms with Crippen molar-refractivity contribution < 1.29 is 23.7 Å². The van der Waals surface area contributed by atoms with E-state index in [1.807, 2.05) is 0 Å². The van der Waals surface area contributed by atoms with E-state index in [4.69, 9.17) is 0 Å². The average Bonchev–Trinajstić information content (AvgIpc) is 3.12. The Hall–Kier alpha value is -2.45. The van der Waals surface area contributed by atoms with Crippen LogP contribution in [-0.4, -0.2) is 43.9 Å². The first kappa shape index (κ1) is 18.3. The van der Waals surface area contributed by atoms with Crippen LogP contribution in [0.1, 0.15) is 17.2 Å². The van der Waals surface area contributed by atoms with Crippen molar-refractivity contribution in [2.45, 2.75) is 11.7 Å². The van der Waals surface area contributed by atoms with Gasteiger partial charge in [-0.15, -0.1) is 0 Å². The van der Waals surface area contributed by atoms with Crippen molar-refractivity contribution in [1.82, 2.24) is 5.32 Å². The molecule has 7 nitrogen and oxygen atoms in total. The number of aromatic hydroxyl groups is 3. The Bertz CT molecular complexity index is 894. The van der Waals surface area contributed by atoms with Crippen LogP contribution in [-0.2, 0) is 10.0 Å². The van der Waals surface area contributed by atoms with Crippen LogP contribution in [0.25, 0.3) is 0 Å². The Kier molecular flexibility index (Phi) is 4.97. The minimum absolute atomic E-state index is 0.129. The van der Waals surface area contributed by atoms with Gasteiger partial charge >= 0.3 is 0 Å². The summed E-state index contributed by atoms with van der Waals surface area (Å²) >= 11 is 0. The van der Waals surface area contributed by atoms with Gasteiger partial charge in [0.1, 0.15) is 11.0 Å². The molecule has 1 aliphatic heterocycles. The molecule has 140 valence electrons. The smallest absolute Gasteiger partial charge is 0.242 e. The molecule has 3 rings (SSSR count). The summed E-state index contributed by atoms with van der Waals surface area (Å²) in [5.41, 5.74) is 0.586. The van der Waals surface area contributed by atoms with Gasteiger partial charge in [0.2, 0.25) is 10.0 Å². The number of hydrogen-bond donors (Lipinski definition) is 4. The van der Waals surface area contributed by atoms with Crippen LogP contribution in [0, 0.1) is 5.92 Å². The number of anilines is 1. The maximum atomic E-state index is 13.4. The molecule has 0 aromatic heterocycles. The molecule has 0 radical (unpaired) electrons. The molecule has 0 amide bonds. The topological polar surface area (TPSA) is 110 Å². The Morgan fingerprint density at radius 2 is 1.81 bits per heavy atom. The van der Waals surface area contributed by atoms with Gasteiger partial charge in [-0.1, -0.05) is 18.2 Å². The second-order valence-electron chi connectivity index (χ2n) is 6.42. The zero-order chi connectivity index (χ0) is 18.9. The summed E-state index contributed by atoms with van der Waals surface area (Å²) < 4.78 is 27.9. The predicted octanol–water partition coefficient (Wildman–Crippen LogP) is 1.92. The first-order valence-corrected chi connectivity index (χ1v) is 9.81. The van der Waals surface area contributed by atoms with Crippen LogP contribution in [0.5, 0.6) is 17.2 Å². The summed E-state index contributed by atoms with van der Waals surface area (Å²) in [5.74, 6) is -0.991. The molecular formula is C18H22N2O5S. The van der Waals surface area contributed by atoms with E-state index >= 15 is 0 Å². The van der Waals surface area contributed by atoms with E-state index in [-0.39, 0.29) is 28.9 Å². The number of sulfonamides is 1. The normalized spacial score (nSPS) is 18.6. The second-order valence-corrected chi connectivity index (χ2v) is 8.51. The molecule has 2 aromatic carbocycles. The maximum Gasteiger partial charge on any atom is 0.242 e. The molecule has 1 aliphatic rings. The van der Waals surface area contributed by atoms with Gasteiger partial charge in [-0.3, -0.25) is 4.31 Å². The molecular weight excluding hydrogens is 356 g/mol. The Labute approximate surface area is 152 Å². The Morgan fingerprint density at radius 1 is 1.08 bits per heavy atom. The maximum absolute atomic E-state index is 13.4. The second kappa shape index (κ2) is 7.05. The van der Waals surface area contributed by atoms with E-state index in [0.717, 1.165) is 4.31 Å². The largest absolute Gasteiger partial charge is 0.506 e. The number of hydrogen-bond acceptors (Lipinski definition) is 6. The molecule has 0 bridgehead atoms. The van der Waals surface area contributed by atoms with Crippen LogP contribution in [0.2, 0.25) is 0 Å². The lowest BCUT2D eigenvalue weighted by Crippen LogP contribution is -2.35. The van der Waals surface area contributed by atoms with E-state index < -0.39 is 15.3 Å². The van der Waals surface area contributed by atoms with Gasteiger partial charge in [-0.2, -0.15) is 0 Å². The molecule has 2 unspecified atom stereocenters. The third kappa shape index (κ3) is 3.30. The van der Waals surface area contributed by atoms with Crippen molar-refractivity contribution in [3.05, 3.63) is 48.0 Å². The Morgan fingerprint density at radius 3 is 2.42 bits per heavy atom. The lowest BCUT2D eigenvalue weighted by molar-refractivity contribution is 0.402. The molecule has 0 saturated carbocycles. The zero-order valence-corrected chi connectivity index (χ0v) is 15.1. The van der Waals surface area contributed by atoms with E-state index in [1.165, 1.54) is 37.4 Å². The number of rotatable bonds is 5. The van der Waals surface area contributed by atoms with Crippen molar-refractivity contribution >= 4 is 15.7 Å². The van der Waals surface area contributed by atoms with E-state index in [0.29, 0.717) is 25.1 Å². The quantitative estimate of drug-likeness (QED) is 0.592. The van der Waals surface area contributed by atoms with Gasteiger partial charge in [0.05, 0.1) is 5.69 Å². The van der Waals surface area contributed by atoms with Crippen molar-refractivity contribution in [2.24, 2.45) is 5.92 Å². The van der Waals surface area contributed by atoms with Crippen molar-refractivity contribution in [3.8, 4) is 17.2 Å². The lowest BCUT2D eigenvalue weighted by atomic mass is 9.97. The van der Waals surface area contributed by atoms with Gasteiger partial charge in [-0.25, -0.2) is 8.42 Å². The number of phenols is 3. The first-order valence-electron chi connectivity index (χ1n) is 8.30. The molecule has 0 aliphatic carbocycles. The third-order valence-corrected chi connectivity index (χ3v) is 7.04. The molecule has 0 spiro atoms. The summed E-state index contributed by atoms with van der Waals surface area (Å²) in [6.07, 6.45) is 0.667. The third-order valence-electron chi connectivity index (χ3n) is 4.78. The molecule has 1 heterocycles. The molecule has 1 saturated heterocycles. The fourth-order valence-corrected chi connectivity index (χ4v) is 5.36. The standard InChI is InChI=1S/C18H22N2O5S/c1-20(14-4-2-3-5-15(14)21)26(24,25)18(13-8-9-19-11-13)12-6-7-16(22)17(23)10-12/h2-7,10,13,18-19,21-23H,8-9,11H2,1H3. The fraction of sp³-hybridized carbons (Fsp3) is 0.333. The minimum Gasteiger partial charge on any atom is -0.506 e. The summed E-state index contributed by atoms with van der Waals surface area (Å²) in [7, 11) is -2.50. The highest BCUT2D eigenvalue weighted by Gasteiger charge is 2.40. The highest BCUT2D eigenvalue weighted by molar-refractivity contribution is 7.93. The number of phenolic OH excluding ortho intramolecular Hbond substituents is 3. The van der Waals surface area contributed by atoms with Crippen LogP contribution < -0.4 is 9.62 Å². The van der Waals surface area contributed by atoms with Gasteiger partial charge in [0.15, 0.2) is 11.5 Å². The molecule has 4 N–H and O–H groups in total. The SMILES string of the molecule is CN(c1ccccc1O)S(=O)(=O)C(c1ccc(O)c(O)c1)C1CCNC1. The summed E-state index contributed by atoms with van der Waals surface area (Å²) in [5, 5.41) is 31.7. The minimum atomic E-state index is -3.90. The monoisotopic (exact) mass is 378 g/mol. The molecule has 2 atom stereocenters. The lowest BCUT2D eigenvalue weighted by Gasteiger charge is -2.30. The van der Waals surface area contributed by atoms with E-state index in [1.54, 1.807) is 12.1 Å². The molecule has 8 heteroatoms. The molecule has 2 aromatic rings. The molecule has 1 fully saturated rings. The fourth-order valence-electron chi connectivity index (χ4n) is 3.38. The number of benzene rings is 2. The zero-order valence-electron chi connectivity index (χ0n) is 14.3. The highest BCUT2D eigenvalue weighted by Crippen LogP contribution is 2.41. The van der Waals surface area contributed by atoms with E-state index in [2.05, 4.69) is 5.32 Å². The van der Waals surface area contributed by atoms with E-state index in [9.17, 15) is 23.7 Å². The summed E-state index contributed by atoms with van der Waals surface area (Å²) in [6.45, 7) is 1.24. The number of para-hydroxylation sites is 2. The summed E-state index contributed by atoms with van der Waals surface area (Å²) in [6, 6.07) is 10.3. The van der Waals surface area contributed by atoms with Gasteiger partial charge in [-0.05, 0) is 55.3 Å². The van der Waals surface area contributed by atoms with Crippen LogP contribution in [0.15, 0.2) is 42.5 Å². The van der Waals surface area contributed by atoms with Crippen LogP contribution in [0.4, 0.5) is 5.69 Å².